The lowest BCUT2D eigenvalue weighted by Crippen LogP contribution is -2.08. The maximum absolute atomic E-state index is 5.80. The molecule has 21 heavy (non-hydrogen) atoms. The summed E-state index contributed by atoms with van der Waals surface area (Å²) < 4.78 is 16.4. The Labute approximate surface area is 125 Å². The van der Waals surface area contributed by atoms with Crippen LogP contribution in [0.2, 0.25) is 0 Å². The van der Waals surface area contributed by atoms with Crippen LogP contribution < -0.4 is 19.5 Å². The molecule has 0 atom stereocenters. The number of hydrogen-bond donors (Lipinski definition) is 1. The van der Waals surface area contributed by atoms with E-state index in [1.165, 1.54) is 0 Å². The van der Waals surface area contributed by atoms with Crippen LogP contribution in [0.25, 0.3) is 0 Å². The maximum Gasteiger partial charge on any atom is 0.203 e. The summed E-state index contributed by atoms with van der Waals surface area (Å²) in [5, 5.41) is 3.35. The third-order valence-corrected chi connectivity index (χ3v) is 3.05. The van der Waals surface area contributed by atoms with Crippen LogP contribution >= 0.6 is 0 Å². The highest BCUT2D eigenvalue weighted by Crippen LogP contribution is 2.36. The van der Waals surface area contributed by atoms with E-state index in [-0.39, 0.29) is 0 Å². The zero-order valence-corrected chi connectivity index (χ0v) is 12.5. The van der Waals surface area contributed by atoms with Gasteiger partial charge in [-0.1, -0.05) is 24.3 Å². The first kappa shape index (κ1) is 15.0. The summed E-state index contributed by atoms with van der Waals surface area (Å²) in [6, 6.07) is 15.7. The van der Waals surface area contributed by atoms with Crippen molar-refractivity contribution in [2.24, 2.45) is 0 Å². The van der Waals surface area contributed by atoms with E-state index in [1.807, 2.05) is 48.5 Å². The van der Waals surface area contributed by atoms with Gasteiger partial charge in [0.2, 0.25) is 5.75 Å². The second kappa shape index (κ2) is 8.04. The molecule has 0 aliphatic heterocycles. The van der Waals surface area contributed by atoms with Crippen molar-refractivity contribution in [3.63, 3.8) is 0 Å². The fraction of sp³-hybridized carbons (Fsp3) is 0.294. The van der Waals surface area contributed by atoms with Crippen molar-refractivity contribution >= 4 is 5.69 Å². The average molecular weight is 287 g/mol. The van der Waals surface area contributed by atoms with Gasteiger partial charge in [-0.15, -0.1) is 0 Å². The SMILES string of the molecule is COc1cccc(OC)c1OCCCNc1ccccc1. The lowest BCUT2D eigenvalue weighted by molar-refractivity contribution is 0.273. The fourth-order valence-corrected chi connectivity index (χ4v) is 1.99. The summed E-state index contributed by atoms with van der Waals surface area (Å²) in [5.74, 6) is 2.03. The summed E-state index contributed by atoms with van der Waals surface area (Å²) in [6.45, 7) is 1.44. The third-order valence-electron chi connectivity index (χ3n) is 3.05. The predicted octanol–water partition coefficient (Wildman–Crippen LogP) is 3.58. The highest BCUT2D eigenvalue weighted by molar-refractivity contribution is 5.51. The number of hydrogen-bond acceptors (Lipinski definition) is 4. The van der Waals surface area contributed by atoms with Gasteiger partial charge in [0.1, 0.15) is 0 Å². The topological polar surface area (TPSA) is 39.7 Å². The first-order chi connectivity index (χ1) is 10.3. The van der Waals surface area contributed by atoms with Gasteiger partial charge in [0.25, 0.3) is 0 Å². The van der Waals surface area contributed by atoms with Crippen molar-refractivity contribution in [3.05, 3.63) is 48.5 Å². The minimum absolute atomic E-state index is 0.594. The van der Waals surface area contributed by atoms with Crippen LogP contribution in [0.15, 0.2) is 48.5 Å². The van der Waals surface area contributed by atoms with E-state index in [9.17, 15) is 0 Å². The first-order valence-electron chi connectivity index (χ1n) is 6.98. The number of ether oxygens (including phenoxy) is 3. The van der Waals surface area contributed by atoms with Gasteiger partial charge in [0.15, 0.2) is 11.5 Å². The molecule has 2 aromatic carbocycles. The van der Waals surface area contributed by atoms with Crippen molar-refractivity contribution in [1.29, 1.82) is 0 Å². The highest BCUT2D eigenvalue weighted by atomic mass is 16.5. The highest BCUT2D eigenvalue weighted by Gasteiger charge is 2.10. The molecule has 0 radical (unpaired) electrons. The van der Waals surface area contributed by atoms with Gasteiger partial charge in [-0.2, -0.15) is 0 Å². The molecule has 0 spiro atoms. The van der Waals surface area contributed by atoms with Crippen LogP contribution in [-0.2, 0) is 0 Å². The first-order valence-corrected chi connectivity index (χ1v) is 6.98. The molecule has 0 fully saturated rings. The summed E-state index contributed by atoms with van der Waals surface area (Å²) in [7, 11) is 3.25. The molecule has 0 saturated heterocycles. The third kappa shape index (κ3) is 4.31. The Balaban J connectivity index is 1.81. The zero-order chi connectivity index (χ0) is 14.9. The molecule has 0 bridgehead atoms. The molecule has 0 amide bonds. The summed E-state index contributed by atoms with van der Waals surface area (Å²) in [4.78, 5) is 0. The molecule has 4 nitrogen and oxygen atoms in total. The van der Waals surface area contributed by atoms with Crippen molar-refractivity contribution in [3.8, 4) is 17.2 Å². The van der Waals surface area contributed by atoms with Gasteiger partial charge in [0.05, 0.1) is 20.8 Å². The minimum Gasteiger partial charge on any atom is -0.493 e. The van der Waals surface area contributed by atoms with Crippen LogP contribution in [0.1, 0.15) is 6.42 Å². The summed E-state index contributed by atoms with van der Waals surface area (Å²) in [6.07, 6.45) is 0.885. The molecule has 0 aromatic heterocycles. The molecule has 1 N–H and O–H groups in total. The van der Waals surface area contributed by atoms with E-state index in [2.05, 4.69) is 5.32 Å². The predicted molar refractivity (Wildman–Crippen MR) is 84.6 cm³/mol. The van der Waals surface area contributed by atoms with Crippen molar-refractivity contribution in [2.75, 3.05) is 32.7 Å². The monoisotopic (exact) mass is 287 g/mol. The summed E-state index contributed by atoms with van der Waals surface area (Å²) >= 11 is 0. The van der Waals surface area contributed by atoms with Gasteiger partial charge < -0.3 is 19.5 Å². The van der Waals surface area contributed by atoms with Crippen molar-refractivity contribution in [2.45, 2.75) is 6.42 Å². The van der Waals surface area contributed by atoms with Gasteiger partial charge in [-0.3, -0.25) is 0 Å². The number of methoxy groups -OCH3 is 2. The Morgan fingerprint density at radius 2 is 1.52 bits per heavy atom. The number of anilines is 1. The molecule has 0 aliphatic rings. The van der Waals surface area contributed by atoms with Crippen LogP contribution in [0, 0.1) is 0 Å². The van der Waals surface area contributed by atoms with E-state index < -0.39 is 0 Å². The number of benzene rings is 2. The van der Waals surface area contributed by atoms with E-state index >= 15 is 0 Å². The van der Waals surface area contributed by atoms with Gasteiger partial charge in [0, 0.05) is 12.2 Å². The number of para-hydroxylation sites is 2. The number of nitrogens with one attached hydrogen (secondary N) is 1. The van der Waals surface area contributed by atoms with E-state index in [0.717, 1.165) is 18.7 Å². The Morgan fingerprint density at radius 1 is 0.857 bits per heavy atom. The second-order valence-electron chi connectivity index (χ2n) is 4.49. The summed E-state index contributed by atoms with van der Waals surface area (Å²) in [5.41, 5.74) is 1.12. The van der Waals surface area contributed by atoms with Gasteiger partial charge in [-0.25, -0.2) is 0 Å². The minimum atomic E-state index is 0.594. The molecule has 0 heterocycles. The molecular weight excluding hydrogens is 266 g/mol. The normalized spacial score (nSPS) is 10.0. The molecular formula is C17H21NO3. The van der Waals surface area contributed by atoms with Crippen LogP contribution in [0.3, 0.4) is 0 Å². The Hall–Kier alpha value is -2.36. The van der Waals surface area contributed by atoms with Gasteiger partial charge in [-0.05, 0) is 30.7 Å². The average Bonchev–Trinajstić information content (AvgIpc) is 2.55. The van der Waals surface area contributed by atoms with E-state index in [0.29, 0.717) is 23.9 Å². The second-order valence-corrected chi connectivity index (χ2v) is 4.49. The van der Waals surface area contributed by atoms with Crippen LogP contribution in [0.4, 0.5) is 5.69 Å². The van der Waals surface area contributed by atoms with E-state index in [1.54, 1.807) is 14.2 Å². The number of rotatable bonds is 8. The molecule has 2 aromatic rings. The smallest absolute Gasteiger partial charge is 0.203 e. The largest absolute Gasteiger partial charge is 0.493 e. The molecule has 0 unspecified atom stereocenters. The zero-order valence-electron chi connectivity index (χ0n) is 12.5. The van der Waals surface area contributed by atoms with Crippen molar-refractivity contribution < 1.29 is 14.2 Å². The Morgan fingerprint density at radius 3 is 2.14 bits per heavy atom. The molecule has 0 aliphatic carbocycles. The lowest BCUT2D eigenvalue weighted by Gasteiger charge is -2.14. The molecule has 4 heteroatoms. The van der Waals surface area contributed by atoms with Crippen molar-refractivity contribution in [1.82, 2.24) is 0 Å². The van der Waals surface area contributed by atoms with Crippen LogP contribution in [0.5, 0.6) is 17.2 Å². The standard InChI is InChI=1S/C17H21NO3/c1-19-15-10-6-11-16(20-2)17(15)21-13-7-12-18-14-8-4-3-5-9-14/h3-6,8-11,18H,7,12-13H2,1-2H3. The van der Waals surface area contributed by atoms with Gasteiger partial charge >= 0.3 is 0 Å². The quantitative estimate of drug-likeness (QED) is 0.753. The maximum atomic E-state index is 5.80. The molecule has 2 rings (SSSR count). The lowest BCUT2D eigenvalue weighted by atomic mass is 10.3. The Kier molecular flexibility index (Phi) is 5.76. The Bertz CT molecular complexity index is 521. The fourth-order valence-electron chi connectivity index (χ4n) is 1.99. The molecule has 112 valence electrons. The van der Waals surface area contributed by atoms with Crippen LogP contribution in [-0.4, -0.2) is 27.4 Å². The molecule has 0 saturated carbocycles. The van der Waals surface area contributed by atoms with E-state index in [4.69, 9.17) is 14.2 Å².